The lowest BCUT2D eigenvalue weighted by atomic mass is 10.1. The Morgan fingerprint density at radius 3 is 2.71 bits per heavy atom. The van der Waals surface area contributed by atoms with Gasteiger partial charge >= 0.3 is 0 Å². The van der Waals surface area contributed by atoms with Crippen LogP contribution in [0.4, 0.5) is 0 Å². The molecule has 0 spiro atoms. The average Bonchev–Trinajstić information content (AvgIpc) is 2.30. The first-order valence-electron chi connectivity index (χ1n) is 6.51. The summed E-state index contributed by atoms with van der Waals surface area (Å²) in [5.74, 6) is 0.429. The van der Waals surface area contributed by atoms with Crippen LogP contribution in [0.25, 0.3) is 0 Å². The molecular formula is C15H25NO. The van der Waals surface area contributed by atoms with E-state index in [0.29, 0.717) is 12.5 Å². The van der Waals surface area contributed by atoms with Gasteiger partial charge in [0, 0.05) is 13.2 Å². The fourth-order valence-electron chi connectivity index (χ4n) is 1.93. The second-order valence-corrected chi connectivity index (χ2v) is 5.04. The van der Waals surface area contributed by atoms with Gasteiger partial charge in [-0.05, 0) is 50.3 Å². The third kappa shape index (κ3) is 5.33. The van der Waals surface area contributed by atoms with Crippen molar-refractivity contribution in [1.29, 1.82) is 0 Å². The Labute approximate surface area is 105 Å². The number of nitrogens with one attached hydrogen (secondary N) is 1. The van der Waals surface area contributed by atoms with E-state index in [9.17, 15) is 0 Å². The van der Waals surface area contributed by atoms with Crippen LogP contribution in [0.5, 0.6) is 0 Å². The topological polar surface area (TPSA) is 32.3 Å². The summed E-state index contributed by atoms with van der Waals surface area (Å²) in [5, 5.41) is 12.4. The summed E-state index contributed by atoms with van der Waals surface area (Å²) < 4.78 is 0. The summed E-state index contributed by atoms with van der Waals surface area (Å²) in [6, 6.07) is 6.59. The Hall–Kier alpha value is -0.860. The van der Waals surface area contributed by atoms with Crippen molar-refractivity contribution in [2.45, 2.75) is 40.2 Å². The molecule has 1 rings (SSSR count). The quantitative estimate of drug-likeness (QED) is 0.712. The van der Waals surface area contributed by atoms with Crippen molar-refractivity contribution in [2.75, 3.05) is 13.2 Å². The molecule has 96 valence electrons. The number of benzene rings is 1. The van der Waals surface area contributed by atoms with Crippen molar-refractivity contribution < 1.29 is 5.11 Å². The molecule has 0 aliphatic carbocycles. The molecule has 0 aliphatic heterocycles. The van der Waals surface area contributed by atoms with E-state index in [0.717, 1.165) is 25.9 Å². The molecule has 17 heavy (non-hydrogen) atoms. The van der Waals surface area contributed by atoms with Gasteiger partial charge in [0.25, 0.3) is 0 Å². The van der Waals surface area contributed by atoms with Crippen LogP contribution in [-0.2, 0) is 6.54 Å². The van der Waals surface area contributed by atoms with E-state index in [2.05, 4.69) is 44.3 Å². The zero-order valence-electron chi connectivity index (χ0n) is 11.3. The molecule has 0 heterocycles. The SMILES string of the molecule is Cc1ccc(CNCCCC(C)CO)c(C)c1. The van der Waals surface area contributed by atoms with Crippen molar-refractivity contribution >= 4 is 0 Å². The Morgan fingerprint density at radius 1 is 1.29 bits per heavy atom. The smallest absolute Gasteiger partial charge is 0.0456 e. The van der Waals surface area contributed by atoms with E-state index < -0.39 is 0 Å². The van der Waals surface area contributed by atoms with Crippen LogP contribution >= 0.6 is 0 Å². The second-order valence-electron chi connectivity index (χ2n) is 5.04. The first kappa shape index (κ1) is 14.2. The van der Waals surface area contributed by atoms with Crippen molar-refractivity contribution in [1.82, 2.24) is 5.32 Å². The van der Waals surface area contributed by atoms with Crippen molar-refractivity contribution in [3.63, 3.8) is 0 Å². The molecule has 0 amide bonds. The molecule has 2 N–H and O–H groups in total. The van der Waals surface area contributed by atoms with E-state index in [-0.39, 0.29) is 0 Å². The van der Waals surface area contributed by atoms with E-state index in [1.54, 1.807) is 0 Å². The molecule has 1 aromatic carbocycles. The zero-order chi connectivity index (χ0) is 12.7. The number of rotatable bonds is 7. The van der Waals surface area contributed by atoms with Crippen LogP contribution in [0.15, 0.2) is 18.2 Å². The van der Waals surface area contributed by atoms with E-state index >= 15 is 0 Å². The summed E-state index contributed by atoms with van der Waals surface area (Å²) >= 11 is 0. The van der Waals surface area contributed by atoms with Crippen LogP contribution in [0.3, 0.4) is 0 Å². The maximum Gasteiger partial charge on any atom is 0.0456 e. The molecule has 1 unspecified atom stereocenters. The highest BCUT2D eigenvalue weighted by Gasteiger charge is 2.00. The molecule has 0 saturated heterocycles. The molecule has 0 aliphatic rings. The average molecular weight is 235 g/mol. The summed E-state index contributed by atoms with van der Waals surface area (Å²) in [5.41, 5.74) is 4.06. The van der Waals surface area contributed by atoms with Gasteiger partial charge in [0.05, 0.1) is 0 Å². The van der Waals surface area contributed by atoms with Crippen LogP contribution in [0.2, 0.25) is 0 Å². The largest absolute Gasteiger partial charge is 0.396 e. The highest BCUT2D eigenvalue weighted by atomic mass is 16.3. The van der Waals surface area contributed by atoms with Gasteiger partial charge in [-0.1, -0.05) is 30.7 Å². The molecule has 1 atom stereocenters. The molecule has 0 saturated carbocycles. The third-order valence-electron chi connectivity index (χ3n) is 3.18. The van der Waals surface area contributed by atoms with Gasteiger partial charge in [0.2, 0.25) is 0 Å². The van der Waals surface area contributed by atoms with Crippen LogP contribution in [-0.4, -0.2) is 18.3 Å². The second kappa shape index (κ2) is 7.46. The summed E-state index contributed by atoms with van der Waals surface area (Å²) in [7, 11) is 0. The Morgan fingerprint density at radius 2 is 2.06 bits per heavy atom. The van der Waals surface area contributed by atoms with E-state index in [1.165, 1.54) is 16.7 Å². The Balaban J connectivity index is 2.22. The first-order chi connectivity index (χ1) is 8.13. The van der Waals surface area contributed by atoms with Gasteiger partial charge in [-0.25, -0.2) is 0 Å². The van der Waals surface area contributed by atoms with Crippen molar-refractivity contribution in [2.24, 2.45) is 5.92 Å². The summed E-state index contributed by atoms with van der Waals surface area (Å²) in [4.78, 5) is 0. The van der Waals surface area contributed by atoms with Gasteiger partial charge in [0.15, 0.2) is 0 Å². The lowest BCUT2D eigenvalue weighted by Crippen LogP contribution is -2.16. The predicted octanol–water partition coefficient (Wildman–Crippen LogP) is 2.80. The minimum Gasteiger partial charge on any atom is -0.396 e. The normalized spacial score (nSPS) is 12.7. The first-order valence-corrected chi connectivity index (χ1v) is 6.51. The summed E-state index contributed by atoms with van der Waals surface area (Å²) in [6.07, 6.45) is 2.23. The molecule has 0 fully saturated rings. The molecule has 0 aromatic heterocycles. The lowest BCUT2D eigenvalue weighted by Gasteiger charge is -2.10. The van der Waals surface area contributed by atoms with Gasteiger partial charge in [-0.15, -0.1) is 0 Å². The standard InChI is InChI=1S/C15H25NO/c1-12-6-7-15(14(3)9-12)10-16-8-4-5-13(2)11-17/h6-7,9,13,16-17H,4-5,8,10-11H2,1-3H3. The maximum atomic E-state index is 8.91. The molecule has 2 heteroatoms. The Bertz CT molecular complexity index is 336. The van der Waals surface area contributed by atoms with Crippen LogP contribution < -0.4 is 5.32 Å². The fraction of sp³-hybridized carbons (Fsp3) is 0.600. The van der Waals surface area contributed by atoms with Crippen molar-refractivity contribution in [3.05, 3.63) is 34.9 Å². The van der Waals surface area contributed by atoms with E-state index in [4.69, 9.17) is 5.11 Å². The fourth-order valence-corrected chi connectivity index (χ4v) is 1.93. The molecular weight excluding hydrogens is 210 g/mol. The third-order valence-corrected chi connectivity index (χ3v) is 3.18. The number of hydrogen-bond donors (Lipinski definition) is 2. The highest BCUT2D eigenvalue weighted by molar-refractivity contribution is 5.30. The number of aliphatic hydroxyl groups is 1. The minimum atomic E-state index is 0.303. The molecule has 0 radical (unpaired) electrons. The Kier molecular flexibility index (Phi) is 6.23. The van der Waals surface area contributed by atoms with Crippen LogP contribution in [0, 0.1) is 19.8 Å². The van der Waals surface area contributed by atoms with E-state index in [1.807, 2.05) is 0 Å². The van der Waals surface area contributed by atoms with Crippen molar-refractivity contribution in [3.8, 4) is 0 Å². The number of aliphatic hydroxyl groups excluding tert-OH is 1. The molecule has 1 aromatic rings. The molecule has 0 bridgehead atoms. The van der Waals surface area contributed by atoms with Gasteiger partial charge in [0.1, 0.15) is 0 Å². The minimum absolute atomic E-state index is 0.303. The zero-order valence-corrected chi connectivity index (χ0v) is 11.3. The number of hydrogen-bond acceptors (Lipinski definition) is 2. The van der Waals surface area contributed by atoms with Gasteiger partial charge < -0.3 is 10.4 Å². The van der Waals surface area contributed by atoms with Crippen LogP contribution in [0.1, 0.15) is 36.5 Å². The monoisotopic (exact) mass is 235 g/mol. The van der Waals surface area contributed by atoms with Gasteiger partial charge in [-0.3, -0.25) is 0 Å². The lowest BCUT2D eigenvalue weighted by molar-refractivity contribution is 0.228. The van der Waals surface area contributed by atoms with Gasteiger partial charge in [-0.2, -0.15) is 0 Å². The number of aryl methyl sites for hydroxylation is 2. The predicted molar refractivity (Wildman–Crippen MR) is 73.1 cm³/mol. The highest BCUT2D eigenvalue weighted by Crippen LogP contribution is 2.10. The maximum absolute atomic E-state index is 8.91. The summed E-state index contributed by atoms with van der Waals surface area (Å²) in [6.45, 7) is 8.65. The molecule has 2 nitrogen and oxygen atoms in total.